The molecule has 0 aliphatic carbocycles. The number of alkyl halides is 1. The largest absolute Gasteiger partial charge is 0.382 e. The molecule has 2 atom stereocenters. The van der Waals surface area contributed by atoms with E-state index in [2.05, 4.69) is 0 Å². The summed E-state index contributed by atoms with van der Waals surface area (Å²) in [5.74, 6) is -0.358. The van der Waals surface area contributed by atoms with Gasteiger partial charge in [0, 0.05) is 26.5 Å². The molecule has 0 unspecified atom stereocenters. The van der Waals surface area contributed by atoms with Crippen LogP contribution in [0.2, 0.25) is 0 Å². The van der Waals surface area contributed by atoms with Crippen LogP contribution >= 0.6 is 11.6 Å². The van der Waals surface area contributed by atoms with Crippen molar-refractivity contribution in [2.75, 3.05) is 14.1 Å². The molecule has 94 valence electrons. The molecule has 7 heteroatoms. The van der Waals surface area contributed by atoms with Gasteiger partial charge in [-0.15, -0.1) is 11.6 Å². The maximum Gasteiger partial charge on any atom is 0.249 e. The highest BCUT2D eigenvalue weighted by molar-refractivity contribution is 7.96. The van der Waals surface area contributed by atoms with Crippen molar-refractivity contribution in [3.05, 3.63) is 22.9 Å². The number of allylic oxidation sites excluding steroid dienone is 1. The van der Waals surface area contributed by atoms with E-state index < -0.39 is 20.6 Å². The molecule has 0 aromatic rings. The highest BCUT2D eigenvalue weighted by Gasteiger charge is 2.56. The molecule has 1 amide bonds. The van der Waals surface area contributed by atoms with Crippen molar-refractivity contribution in [1.29, 1.82) is 0 Å². The van der Waals surface area contributed by atoms with Crippen molar-refractivity contribution in [2.45, 2.75) is 17.7 Å². The number of amides is 1. The first kappa shape index (κ1) is 12.4. The van der Waals surface area contributed by atoms with E-state index in [9.17, 15) is 13.2 Å². The van der Waals surface area contributed by atoms with Crippen molar-refractivity contribution >= 4 is 27.3 Å². The highest BCUT2D eigenvalue weighted by atomic mass is 35.5. The number of halogens is 1. The van der Waals surface area contributed by atoms with E-state index in [1.54, 1.807) is 32.1 Å². The lowest BCUT2D eigenvalue weighted by molar-refractivity contribution is -0.137. The predicted octanol–water partition coefficient (Wildman–Crippen LogP) is 0.497. The van der Waals surface area contributed by atoms with Crippen LogP contribution in [0.3, 0.4) is 0 Å². The van der Waals surface area contributed by atoms with E-state index in [1.807, 2.05) is 0 Å². The van der Waals surface area contributed by atoms with Crippen LogP contribution in [0.5, 0.6) is 0 Å². The number of hydrogen-bond acceptors (Lipinski definition) is 4. The van der Waals surface area contributed by atoms with Gasteiger partial charge in [-0.1, -0.05) is 0 Å². The van der Waals surface area contributed by atoms with Crippen LogP contribution in [0.1, 0.15) is 6.92 Å². The van der Waals surface area contributed by atoms with Crippen LogP contribution in [0, 0.1) is 0 Å². The average molecular weight is 277 g/mol. The van der Waals surface area contributed by atoms with Crippen LogP contribution in [-0.2, 0) is 14.6 Å². The van der Waals surface area contributed by atoms with Gasteiger partial charge in [-0.2, -0.15) is 0 Å². The number of carbonyl (C=O) groups is 1. The third-order valence-corrected chi connectivity index (χ3v) is 5.49. The number of nitrogens with zero attached hydrogens (tertiary/aromatic N) is 2. The van der Waals surface area contributed by atoms with Gasteiger partial charge in [0.1, 0.15) is 5.38 Å². The molecule has 2 aliphatic heterocycles. The second-order valence-electron chi connectivity index (χ2n) is 4.35. The third kappa shape index (κ3) is 1.66. The molecule has 2 rings (SSSR count). The highest BCUT2D eigenvalue weighted by Crippen LogP contribution is 2.39. The number of rotatable bonds is 1. The van der Waals surface area contributed by atoms with Crippen LogP contribution in [0.15, 0.2) is 22.9 Å². The van der Waals surface area contributed by atoms with E-state index in [-0.39, 0.29) is 10.8 Å². The van der Waals surface area contributed by atoms with E-state index in [0.29, 0.717) is 5.57 Å². The molecule has 2 heterocycles. The fourth-order valence-corrected chi connectivity index (χ4v) is 4.58. The smallest absolute Gasteiger partial charge is 0.249 e. The SMILES string of the molecule is CC1=CN2C(=O)[C@H](Cl)[C@H]2S(=O)(=O)/C1=C/N(C)C. The number of carbonyl (C=O) groups excluding carboxylic acids is 1. The van der Waals surface area contributed by atoms with Gasteiger partial charge < -0.3 is 4.90 Å². The van der Waals surface area contributed by atoms with Crippen molar-refractivity contribution in [3.63, 3.8) is 0 Å². The summed E-state index contributed by atoms with van der Waals surface area (Å²) in [6.07, 6.45) is 3.08. The minimum absolute atomic E-state index is 0.224. The maximum atomic E-state index is 12.3. The maximum absolute atomic E-state index is 12.3. The van der Waals surface area contributed by atoms with Crippen LogP contribution in [0.25, 0.3) is 0 Å². The number of fused-ring (bicyclic) bond motifs is 1. The summed E-state index contributed by atoms with van der Waals surface area (Å²) in [5.41, 5.74) is 0.548. The van der Waals surface area contributed by atoms with Crippen LogP contribution in [-0.4, -0.2) is 49.0 Å². The Bertz CT molecular complexity index is 536. The van der Waals surface area contributed by atoms with E-state index in [0.717, 1.165) is 0 Å². The van der Waals surface area contributed by atoms with E-state index in [4.69, 9.17) is 11.6 Å². The summed E-state index contributed by atoms with van der Waals surface area (Å²) in [7, 11) is -0.0820. The monoisotopic (exact) mass is 276 g/mol. The Morgan fingerprint density at radius 3 is 2.59 bits per heavy atom. The van der Waals surface area contributed by atoms with E-state index >= 15 is 0 Å². The molecular formula is C10H13ClN2O3S. The molecular weight excluding hydrogens is 264 g/mol. The molecule has 0 saturated carbocycles. The van der Waals surface area contributed by atoms with Gasteiger partial charge in [-0.05, 0) is 12.5 Å². The summed E-state index contributed by atoms with van der Waals surface area (Å²) in [4.78, 5) is 14.5. The first-order valence-corrected chi connectivity index (χ1v) is 7.02. The summed E-state index contributed by atoms with van der Waals surface area (Å²) in [6.45, 7) is 1.66. The molecule has 0 spiro atoms. The van der Waals surface area contributed by atoms with Gasteiger partial charge in [-0.3, -0.25) is 9.69 Å². The second-order valence-corrected chi connectivity index (χ2v) is 6.83. The lowest BCUT2D eigenvalue weighted by Gasteiger charge is -2.44. The zero-order chi connectivity index (χ0) is 13.0. The first-order chi connectivity index (χ1) is 7.76. The van der Waals surface area contributed by atoms with Crippen LogP contribution < -0.4 is 0 Å². The molecule has 0 N–H and O–H groups in total. The zero-order valence-electron chi connectivity index (χ0n) is 9.71. The van der Waals surface area contributed by atoms with Gasteiger partial charge in [-0.25, -0.2) is 8.42 Å². The summed E-state index contributed by atoms with van der Waals surface area (Å²) in [5, 5.41) is -1.93. The molecule has 0 radical (unpaired) electrons. The standard InChI is InChI=1S/C10H13ClN2O3S/c1-6-4-13-9(14)8(11)10(13)17(15,16)7(6)5-12(2)3/h4-5,8,10H,1-3H3/b7-5+/t8-,10+/m0/s1. The molecule has 0 bridgehead atoms. The molecule has 0 aromatic carbocycles. The Labute approximate surface area is 105 Å². The van der Waals surface area contributed by atoms with Gasteiger partial charge in [0.2, 0.25) is 15.7 Å². The Morgan fingerprint density at radius 1 is 1.47 bits per heavy atom. The Balaban J connectivity index is 2.55. The lowest BCUT2D eigenvalue weighted by atomic mass is 10.1. The van der Waals surface area contributed by atoms with Crippen molar-refractivity contribution in [3.8, 4) is 0 Å². The number of β-lactam (4-membered cyclic amide) rings is 1. The number of hydrogen-bond donors (Lipinski definition) is 0. The third-order valence-electron chi connectivity index (χ3n) is 2.74. The summed E-state index contributed by atoms with van der Waals surface area (Å²) >= 11 is 5.77. The average Bonchev–Trinajstić information content (AvgIpc) is 2.22. The summed E-state index contributed by atoms with van der Waals surface area (Å²) < 4.78 is 24.5. The van der Waals surface area contributed by atoms with Gasteiger partial charge in [0.25, 0.3) is 0 Å². The Kier molecular flexibility index (Phi) is 2.74. The quantitative estimate of drug-likeness (QED) is 0.517. The van der Waals surface area contributed by atoms with E-state index in [1.165, 1.54) is 11.1 Å². The molecule has 5 nitrogen and oxygen atoms in total. The zero-order valence-corrected chi connectivity index (χ0v) is 11.3. The van der Waals surface area contributed by atoms with Gasteiger partial charge in [0.15, 0.2) is 5.37 Å². The topological polar surface area (TPSA) is 57.7 Å². The van der Waals surface area contributed by atoms with Crippen molar-refractivity contribution in [1.82, 2.24) is 9.80 Å². The lowest BCUT2D eigenvalue weighted by Crippen LogP contribution is -2.64. The molecule has 17 heavy (non-hydrogen) atoms. The fraction of sp³-hybridized carbons (Fsp3) is 0.500. The fourth-order valence-electron chi connectivity index (χ4n) is 1.93. The minimum Gasteiger partial charge on any atom is -0.382 e. The molecule has 1 saturated heterocycles. The van der Waals surface area contributed by atoms with Crippen molar-refractivity contribution in [2.24, 2.45) is 0 Å². The summed E-state index contributed by atoms with van der Waals surface area (Å²) in [6, 6.07) is 0. The normalized spacial score (nSPS) is 32.9. The molecule has 0 aromatic heterocycles. The molecule has 2 aliphatic rings. The second kappa shape index (κ2) is 3.74. The molecule has 1 fully saturated rings. The van der Waals surface area contributed by atoms with Gasteiger partial charge in [0.05, 0.1) is 4.91 Å². The Morgan fingerprint density at radius 2 is 2.06 bits per heavy atom. The number of sulfone groups is 1. The minimum atomic E-state index is -3.57. The predicted molar refractivity (Wildman–Crippen MR) is 64.7 cm³/mol. The van der Waals surface area contributed by atoms with Gasteiger partial charge >= 0.3 is 0 Å². The van der Waals surface area contributed by atoms with Crippen LogP contribution in [0.4, 0.5) is 0 Å². The first-order valence-electron chi connectivity index (χ1n) is 5.04. The van der Waals surface area contributed by atoms with Crippen molar-refractivity contribution < 1.29 is 13.2 Å². The Hall–Kier alpha value is -1.01.